The molecule has 10 nitrogen and oxygen atoms in total. The molecule has 3 N–H and O–H groups in total. The highest BCUT2D eigenvalue weighted by atomic mass is 16.6. The average Bonchev–Trinajstić information content (AvgIpc) is 3.47. The molecule has 3 unspecified atom stereocenters. The van der Waals surface area contributed by atoms with Crippen molar-refractivity contribution in [3.63, 3.8) is 0 Å². The van der Waals surface area contributed by atoms with Crippen molar-refractivity contribution in [1.82, 2.24) is 20.9 Å². The highest BCUT2D eigenvalue weighted by Crippen LogP contribution is 2.21. The molecular weight excluding hydrogens is 404 g/mol. The summed E-state index contributed by atoms with van der Waals surface area (Å²) in [5.41, 5.74) is 0. The van der Waals surface area contributed by atoms with Gasteiger partial charge in [0, 0.05) is 13.0 Å². The van der Waals surface area contributed by atoms with Crippen molar-refractivity contribution in [2.75, 3.05) is 13.2 Å². The largest absolute Gasteiger partial charge is 0.365 e. The molecule has 3 saturated heterocycles. The van der Waals surface area contributed by atoms with Gasteiger partial charge in [0.2, 0.25) is 23.6 Å². The van der Waals surface area contributed by atoms with Gasteiger partial charge in [0.1, 0.15) is 30.3 Å². The summed E-state index contributed by atoms with van der Waals surface area (Å²) in [5, 5.41) is 8.00. The summed E-state index contributed by atoms with van der Waals surface area (Å²) < 4.78 is 4.98. The Labute approximate surface area is 181 Å². The second-order valence-electron chi connectivity index (χ2n) is 8.60. The number of epoxide rings is 1. The summed E-state index contributed by atoms with van der Waals surface area (Å²) >= 11 is 0. The first-order valence-electron chi connectivity index (χ1n) is 11.1. The lowest BCUT2D eigenvalue weighted by Crippen LogP contribution is -2.60. The van der Waals surface area contributed by atoms with E-state index in [1.165, 1.54) is 4.90 Å². The van der Waals surface area contributed by atoms with Crippen LogP contribution in [0.2, 0.25) is 0 Å². The van der Waals surface area contributed by atoms with Gasteiger partial charge in [-0.2, -0.15) is 0 Å². The molecule has 5 atom stereocenters. The van der Waals surface area contributed by atoms with Gasteiger partial charge in [0.15, 0.2) is 5.78 Å². The van der Waals surface area contributed by atoms with Crippen LogP contribution in [-0.2, 0) is 28.7 Å². The van der Waals surface area contributed by atoms with Crippen molar-refractivity contribution in [3.05, 3.63) is 0 Å². The molecule has 3 aliphatic rings. The number of unbranched alkanes of at least 4 members (excludes halogenated alkanes) is 2. The van der Waals surface area contributed by atoms with Crippen LogP contribution in [-0.4, -0.2) is 77.7 Å². The Hall–Kier alpha value is -2.49. The summed E-state index contributed by atoms with van der Waals surface area (Å²) in [6.07, 6.45) is 3.92. The van der Waals surface area contributed by atoms with Crippen molar-refractivity contribution < 1.29 is 28.7 Å². The monoisotopic (exact) mass is 436 g/mol. The standard InChI is InChI=1S/C21H32N4O6/c1-12-18(27)22-13(2)19(28)24-14(7-4-3-5-9-16(26)17-11-31-17)21(30)25-10-6-8-15(25)20(29)23-12/h12-15,17H,3-11H2,1-2H3,(H,22,27)(H,23,29)(H,24,28)/t12-,13?,14-,15?,17?/m0/s1. The Morgan fingerprint density at radius 1 is 0.968 bits per heavy atom. The molecule has 3 aliphatic heterocycles. The van der Waals surface area contributed by atoms with Gasteiger partial charge in [0.05, 0.1) is 6.61 Å². The topological polar surface area (TPSA) is 137 Å². The minimum Gasteiger partial charge on any atom is -0.365 e. The van der Waals surface area contributed by atoms with Crippen molar-refractivity contribution in [2.24, 2.45) is 0 Å². The van der Waals surface area contributed by atoms with Crippen molar-refractivity contribution in [3.8, 4) is 0 Å². The molecule has 0 aromatic carbocycles. The third-order valence-electron chi connectivity index (χ3n) is 6.07. The molecule has 3 rings (SSSR count). The van der Waals surface area contributed by atoms with Gasteiger partial charge >= 0.3 is 0 Å². The minimum absolute atomic E-state index is 0.111. The number of rotatable bonds is 7. The predicted molar refractivity (Wildman–Crippen MR) is 110 cm³/mol. The number of Topliss-reactive ketones (excluding diaryl/α,β-unsaturated/α-hetero) is 1. The second kappa shape index (κ2) is 10.2. The van der Waals surface area contributed by atoms with Crippen LogP contribution < -0.4 is 16.0 Å². The number of hydrogen-bond donors (Lipinski definition) is 3. The molecule has 3 fully saturated rings. The molecule has 0 aromatic rings. The van der Waals surface area contributed by atoms with E-state index in [0.717, 1.165) is 6.42 Å². The summed E-state index contributed by atoms with van der Waals surface area (Å²) in [4.78, 5) is 64.0. The van der Waals surface area contributed by atoms with Crippen LogP contribution in [0.25, 0.3) is 0 Å². The van der Waals surface area contributed by atoms with E-state index in [1.54, 1.807) is 13.8 Å². The quantitative estimate of drug-likeness (QED) is 0.360. The van der Waals surface area contributed by atoms with Gasteiger partial charge in [-0.1, -0.05) is 12.8 Å². The molecule has 0 saturated carbocycles. The van der Waals surface area contributed by atoms with Gasteiger partial charge in [-0.25, -0.2) is 0 Å². The summed E-state index contributed by atoms with van der Waals surface area (Å²) in [5.74, 6) is -1.41. The molecular formula is C21H32N4O6. The van der Waals surface area contributed by atoms with E-state index in [9.17, 15) is 24.0 Å². The van der Waals surface area contributed by atoms with E-state index in [2.05, 4.69) is 16.0 Å². The number of ether oxygens (including phenoxy) is 1. The number of nitrogens with one attached hydrogen (secondary N) is 3. The first-order valence-corrected chi connectivity index (χ1v) is 11.1. The van der Waals surface area contributed by atoms with Gasteiger partial charge in [0.25, 0.3) is 0 Å². The highest BCUT2D eigenvalue weighted by molar-refractivity contribution is 5.97. The summed E-state index contributed by atoms with van der Waals surface area (Å²) in [6, 6.07) is -3.07. The van der Waals surface area contributed by atoms with Crippen molar-refractivity contribution in [1.29, 1.82) is 0 Å². The van der Waals surface area contributed by atoms with E-state index >= 15 is 0 Å². The molecule has 31 heavy (non-hydrogen) atoms. The Balaban J connectivity index is 1.65. The number of fused-ring (bicyclic) bond motifs is 1. The zero-order valence-corrected chi connectivity index (χ0v) is 18.1. The smallest absolute Gasteiger partial charge is 0.245 e. The zero-order valence-electron chi connectivity index (χ0n) is 18.1. The van der Waals surface area contributed by atoms with Crippen LogP contribution in [0.3, 0.4) is 0 Å². The van der Waals surface area contributed by atoms with Gasteiger partial charge in [-0.15, -0.1) is 0 Å². The SMILES string of the molecule is CC1NC(=O)[C@H](C)NC(=O)C2CCCN2C(=O)[C@H](CCCCCC(=O)C2CO2)NC1=O. The van der Waals surface area contributed by atoms with Crippen LogP contribution in [0.5, 0.6) is 0 Å². The van der Waals surface area contributed by atoms with Crippen LogP contribution in [0.15, 0.2) is 0 Å². The number of ketones is 1. The van der Waals surface area contributed by atoms with E-state index < -0.39 is 36.0 Å². The lowest BCUT2D eigenvalue weighted by Gasteiger charge is -2.31. The summed E-state index contributed by atoms with van der Waals surface area (Å²) in [6.45, 7) is 4.04. The van der Waals surface area contributed by atoms with Crippen LogP contribution in [0.1, 0.15) is 58.8 Å². The molecule has 0 aliphatic carbocycles. The molecule has 0 spiro atoms. The molecule has 0 aromatic heterocycles. The number of nitrogens with zero attached hydrogens (tertiary/aromatic N) is 1. The fourth-order valence-corrected chi connectivity index (χ4v) is 4.06. The van der Waals surface area contributed by atoms with Gasteiger partial charge in [-0.3, -0.25) is 24.0 Å². The lowest BCUT2D eigenvalue weighted by molar-refractivity contribution is -0.143. The third kappa shape index (κ3) is 6.03. The fraction of sp³-hybridized carbons (Fsp3) is 0.762. The molecule has 0 radical (unpaired) electrons. The van der Waals surface area contributed by atoms with E-state index in [-0.39, 0.29) is 23.7 Å². The van der Waals surface area contributed by atoms with Crippen LogP contribution >= 0.6 is 0 Å². The number of amides is 4. The van der Waals surface area contributed by atoms with E-state index in [1.807, 2.05) is 0 Å². The van der Waals surface area contributed by atoms with Crippen molar-refractivity contribution in [2.45, 2.75) is 89.1 Å². The molecule has 4 amide bonds. The Morgan fingerprint density at radius 2 is 1.61 bits per heavy atom. The molecule has 172 valence electrons. The first kappa shape index (κ1) is 23.2. The minimum atomic E-state index is -0.841. The third-order valence-corrected chi connectivity index (χ3v) is 6.07. The van der Waals surface area contributed by atoms with Gasteiger partial charge < -0.3 is 25.6 Å². The number of carbonyl (C=O) groups excluding carboxylic acids is 5. The number of hydrogen-bond acceptors (Lipinski definition) is 6. The Kier molecular flexibility index (Phi) is 7.64. The highest BCUT2D eigenvalue weighted by Gasteiger charge is 2.39. The molecule has 3 heterocycles. The van der Waals surface area contributed by atoms with Crippen LogP contribution in [0, 0.1) is 0 Å². The van der Waals surface area contributed by atoms with Gasteiger partial charge in [-0.05, 0) is 39.5 Å². The number of carbonyl (C=O) groups is 5. The average molecular weight is 437 g/mol. The Morgan fingerprint density at radius 3 is 2.29 bits per heavy atom. The maximum Gasteiger partial charge on any atom is 0.245 e. The van der Waals surface area contributed by atoms with E-state index in [4.69, 9.17) is 4.74 Å². The fourth-order valence-electron chi connectivity index (χ4n) is 4.06. The predicted octanol–water partition coefficient (Wildman–Crippen LogP) is -0.596. The van der Waals surface area contributed by atoms with E-state index in [0.29, 0.717) is 51.7 Å². The maximum absolute atomic E-state index is 13.2. The van der Waals surface area contributed by atoms with Crippen molar-refractivity contribution >= 4 is 29.4 Å². The first-order chi connectivity index (χ1) is 14.8. The summed E-state index contributed by atoms with van der Waals surface area (Å²) in [7, 11) is 0. The zero-order chi connectivity index (χ0) is 22.5. The molecule has 10 heteroatoms. The molecule has 0 bridgehead atoms. The lowest BCUT2D eigenvalue weighted by atomic mass is 10.0. The normalized spacial score (nSPS) is 31.7. The Bertz CT molecular complexity index is 737. The van der Waals surface area contributed by atoms with Crippen LogP contribution in [0.4, 0.5) is 0 Å². The maximum atomic E-state index is 13.2. The second-order valence-corrected chi connectivity index (χ2v) is 8.60.